The maximum Gasteiger partial charge on any atom is 0.289 e. The van der Waals surface area contributed by atoms with Gasteiger partial charge in [-0.05, 0) is 60.8 Å². The number of carbonyl (C=O) groups excluding carboxylic acids is 2. The number of carbonyl (C=O) groups is 2. The van der Waals surface area contributed by atoms with Crippen molar-refractivity contribution in [1.82, 2.24) is 10.2 Å². The second kappa shape index (κ2) is 10.4. The van der Waals surface area contributed by atoms with Crippen molar-refractivity contribution in [3.05, 3.63) is 59.5 Å². The van der Waals surface area contributed by atoms with Gasteiger partial charge in [0, 0.05) is 19.0 Å². The fraction of sp³-hybridized carbons (Fsp3) is 0.556. The van der Waals surface area contributed by atoms with E-state index in [1.807, 2.05) is 0 Å². The quantitative estimate of drug-likeness (QED) is 0.632. The van der Waals surface area contributed by atoms with Gasteiger partial charge in [-0.1, -0.05) is 57.4 Å². The van der Waals surface area contributed by atoms with Crippen LogP contribution in [-0.2, 0) is 4.79 Å². The van der Waals surface area contributed by atoms with Crippen LogP contribution in [0, 0.1) is 11.8 Å². The summed E-state index contributed by atoms with van der Waals surface area (Å²) >= 11 is 0. The number of piperidine rings is 1. The highest BCUT2D eigenvalue weighted by atomic mass is 16.3. The van der Waals surface area contributed by atoms with E-state index in [1.54, 1.807) is 17.0 Å². The van der Waals surface area contributed by atoms with E-state index in [9.17, 15) is 9.59 Å². The first-order valence-corrected chi connectivity index (χ1v) is 12.3. The minimum absolute atomic E-state index is 0.00526. The maximum atomic E-state index is 13.1. The van der Waals surface area contributed by atoms with Gasteiger partial charge in [0.05, 0.1) is 12.3 Å². The molecule has 5 nitrogen and oxygen atoms in total. The second-order valence-corrected chi connectivity index (χ2v) is 9.78. The summed E-state index contributed by atoms with van der Waals surface area (Å²) in [6, 6.07) is 12.4. The van der Waals surface area contributed by atoms with Gasteiger partial charge in [-0.3, -0.25) is 9.59 Å². The van der Waals surface area contributed by atoms with Crippen LogP contribution in [0.4, 0.5) is 0 Å². The molecule has 2 fully saturated rings. The highest BCUT2D eigenvalue weighted by molar-refractivity contribution is 5.91. The SMILES string of the molecule is CC(C)C(NC(=O)C1CCN(C(=O)c2ccco2)CC1)c1ccc(C2CCCCC2)cc1. The Morgan fingerprint density at radius 3 is 2.25 bits per heavy atom. The molecule has 0 spiro atoms. The highest BCUT2D eigenvalue weighted by Crippen LogP contribution is 2.33. The average Bonchev–Trinajstić information content (AvgIpc) is 3.38. The Bertz CT molecular complexity index is 874. The predicted molar refractivity (Wildman–Crippen MR) is 125 cm³/mol. The summed E-state index contributed by atoms with van der Waals surface area (Å²) in [7, 11) is 0. The van der Waals surface area contributed by atoms with E-state index >= 15 is 0 Å². The number of hydrogen-bond donors (Lipinski definition) is 1. The third-order valence-corrected chi connectivity index (χ3v) is 7.22. The number of rotatable bonds is 6. The second-order valence-electron chi connectivity index (χ2n) is 9.78. The molecular formula is C27H36N2O3. The van der Waals surface area contributed by atoms with Crippen LogP contribution >= 0.6 is 0 Å². The minimum atomic E-state index is -0.0908. The van der Waals surface area contributed by atoms with Crippen molar-refractivity contribution in [3.63, 3.8) is 0 Å². The summed E-state index contributed by atoms with van der Waals surface area (Å²) in [4.78, 5) is 27.3. The fourth-order valence-corrected chi connectivity index (χ4v) is 5.22. The zero-order chi connectivity index (χ0) is 22.5. The summed E-state index contributed by atoms with van der Waals surface area (Å²) in [5.41, 5.74) is 2.62. The van der Waals surface area contributed by atoms with E-state index in [4.69, 9.17) is 4.42 Å². The molecule has 2 aliphatic rings. The lowest BCUT2D eigenvalue weighted by Crippen LogP contribution is -2.44. The molecule has 1 unspecified atom stereocenters. The molecule has 1 saturated heterocycles. The number of nitrogens with one attached hydrogen (secondary N) is 1. The summed E-state index contributed by atoms with van der Waals surface area (Å²) in [5, 5.41) is 3.31. The summed E-state index contributed by atoms with van der Waals surface area (Å²) < 4.78 is 5.23. The van der Waals surface area contributed by atoms with Crippen LogP contribution in [0.5, 0.6) is 0 Å². The van der Waals surface area contributed by atoms with Crippen molar-refractivity contribution in [2.45, 2.75) is 70.8 Å². The third-order valence-electron chi connectivity index (χ3n) is 7.22. The van der Waals surface area contributed by atoms with Gasteiger partial charge < -0.3 is 14.6 Å². The number of nitrogens with zero attached hydrogens (tertiary/aromatic N) is 1. The molecule has 1 aromatic carbocycles. The summed E-state index contributed by atoms with van der Waals surface area (Å²) in [6.45, 7) is 5.48. The van der Waals surface area contributed by atoms with Crippen molar-refractivity contribution in [2.75, 3.05) is 13.1 Å². The normalized spacial score (nSPS) is 19.2. The molecule has 5 heteroatoms. The zero-order valence-corrected chi connectivity index (χ0v) is 19.4. The van der Waals surface area contributed by atoms with Gasteiger partial charge in [0.15, 0.2) is 5.76 Å². The largest absolute Gasteiger partial charge is 0.459 e. The lowest BCUT2D eigenvalue weighted by atomic mass is 9.83. The van der Waals surface area contributed by atoms with Crippen LogP contribution in [0.25, 0.3) is 0 Å². The van der Waals surface area contributed by atoms with Crippen molar-refractivity contribution in [1.29, 1.82) is 0 Å². The number of furan rings is 1. The third kappa shape index (κ3) is 5.25. The molecule has 0 radical (unpaired) electrons. The van der Waals surface area contributed by atoms with Crippen molar-refractivity contribution in [3.8, 4) is 0 Å². The van der Waals surface area contributed by atoms with Crippen LogP contribution in [0.1, 0.15) is 92.4 Å². The Balaban J connectivity index is 1.34. The molecule has 0 bridgehead atoms. The fourth-order valence-electron chi connectivity index (χ4n) is 5.22. The molecule has 1 aliphatic heterocycles. The molecule has 1 N–H and O–H groups in total. The lowest BCUT2D eigenvalue weighted by molar-refractivity contribution is -0.127. The van der Waals surface area contributed by atoms with Crippen LogP contribution in [-0.4, -0.2) is 29.8 Å². The van der Waals surface area contributed by atoms with Gasteiger partial charge in [-0.15, -0.1) is 0 Å². The highest BCUT2D eigenvalue weighted by Gasteiger charge is 2.30. The molecule has 2 amide bonds. The topological polar surface area (TPSA) is 62.6 Å². The van der Waals surface area contributed by atoms with Crippen LogP contribution in [0.3, 0.4) is 0 Å². The average molecular weight is 437 g/mol. The number of hydrogen-bond acceptors (Lipinski definition) is 3. The summed E-state index contributed by atoms with van der Waals surface area (Å²) in [5.74, 6) is 1.32. The molecule has 1 atom stereocenters. The van der Waals surface area contributed by atoms with Crippen LogP contribution < -0.4 is 5.32 Å². The Hall–Kier alpha value is -2.56. The lowest BCUT2D eigenvalue weighted by Gasteiger charge is -2.32. The van der Waals surface area contributed by atoms with E-state index in [-0.39, 0.29) is 23.8 Å². The Labute approximate surface area is 191 Å². The van der Waals surface area contributed by atoms with Crippen molar-refractivity contribution in [2.24, 2.45) is 11.8 Å². The van der Waals surface area contributed by atoms with Crippen LogP contribution in [0.15, 0.2) is 47.1 Å². The van der Waals surface area contributed by atoms with Crippen LogP contribution in [0.2, 0.25) is 0 Å². The standard InChI is InChI=1S/C27H36N2O3/c1-19(2)25(22-12-10-21(11-13-22)20-7-4-3-5-8-20)28-26(30)23-14-16-29(17-15-23)27(31)24-9-6-18-32-24/h6,9-13,18-20,23,25H,3-5,7-8,14-17H2,1-2H3,(H,28,30). The zero-order valence-electron chi connectivity index (χ0n) is 19.4. The number of likely N-dealkylation sites (tertiary alicyclic amines) is 1. The molecule has 2 heterocycles. The minimum Gasteiger partial charge on any atom is -0.459 e. The molecule has 1 saturated carbocycles. The molecule has 4 rings (SSSR count). The van der Waals surface area contributed by atoms with Gasteiger partial charge in [-0.2, -0.15) is 0 Å². The smallest absolute Gasteiger partial charge is 0.289 e. The van der Waals surface area contributed by atoms with Crippen molar-refractivity contribution < 1.29 is 14.0 Å². The number of benzene rings is 1. The van der Waals surface area contributed by atoms with E-state index in [2.05, 4.69) is 43.4 Å². The first kappa shape index (κ1) is 22.6. The van der Waals surface area contributed by atoms with Gasteiger partial charge in [0.25, 0.3) is 5.91 Å². The predicted octanol–water partition coefficient (Wildman–Crippen LogP) is 5.69. The maximum absolute atomic E-state index is 13.1. The van der Waals surface area contributed by atoms with Crippen molar-refractivity contribution >= 4 is 11.8 Å². The Kier molecular flexibility index (Phi) is 7.33. The van der Waals surface area contributed by atoms with E-state index < -0.39 is 0 Å². The molecule has 1 aliphatic carbocycles. The Morgan fingerprint density at radius 1 is 0.969 bits per heavy atom. The van der Waals surface area contributed by atoms with E-state index in [0.29, 0.717) is 43.5 Å². The monoisotopic (exact) mass is 436 g/mol. The molecule has 2 aromatic rings. The van der Waals surface area contributed by atoms with Gasteiger partial charge >= 0.3 is 0 Å². The van der Waals surface area contributed by atoms with E-state index in [1.165, 1.54) is 49.5 Å². The number of amides is 2. The molecular weight excluding hydrogens is 400 g/mol. The first-order chi connectivity index (χ1) is 15.5. The molecule has 32 heavy (non-hydrogen) atoms. The van der Waals surface area contributed by atoms with Gasteiger partial charge in [0.1, 0.15) is 0 Å². The van der Waals surface area contributed by atoms with Gasteiger partial charge in [0.2, 0.25) is 5.91 Å². The molecule has 172 valence electrons. The first-order valence-electron chi connectivity index (χ1n) is 12.3. The Morgan fingerprint density at radius 2 is 1.66 bits per heavy atom. The summed E-state index contributed by atoms with van der Waals surface area (Å²) in [6.07, 6.45) is 9.52. The molecule has 1 aromatic heterocycles. The van der Waals surface area contributed by atoms with Gasteiger partial charge in [-0.25, -0.2) is 0 Å². The van der Waals surface area contributed by atoms with E-state index in [0.717, 1.165) is 0 Å².